The molecule has 1 atom stereocenters. The zero-order valence-corrected chi connectivity index (χ0v) is 13.6. The minimum Gasteiger partial charge on any atom is -0.508 e. The van der Waals surface area contributed by atoms with Crippen LogP contribution in [0.4, 0.5) is 0 Å². The second-order valence-corrected chi connectivity index (χ2v) is 7.13. The Bertz CT molecular complexity index is 777. The van der Waals surface area contributed by atoms with Gasteiger partial charge in [0.1, 0.15) is 5.75 Å². The summed E-state index contributed by atoms with van der Waals surface area (Å²) in [6, 6.07) is 9.02. The van der Waals surface area contributed by atoms with E-state index in [9.17, 15) is 15.2 Å². The topological polar surface area (TPSA) is 73.1 Å². The van der Waals surface area contributed by atoms with Gasteiger partial charge < -0.3 is 10.4 Å². The third kappa shape index (κ3) is 2.63. The maximum atomic E-state index is 12.8. The van der Waals surface area contributed by atoms with Crippen LogP contribution in [-0.4, -0.2) is 10.9 Å². The fourth-order valence-corrected chi connectivity index (χ4v) is 3.58. The van der Waals surface area contributed by atoms with Gasteiger partial charge in [0, 0.05) is 23.4 Å². The van der Waals surface area contributed by atoms with E-state index in [-0.39, 0.29) is 22.9 Å². The van der Waals surface area contributed by atoms with Crippen molar-refractivity contribution in [2.24, 2.45) is 5.41 Å². The number of carbonyl (C=O) groups excluding carboxylic acids is 1. The molecule has 1 aliphatic heterocycles. The van der Waals surface area contributed by atoms with E-state index >= 15 is 0 Å². The number of nitriles is 1. The summed E-state index contributed by atoms with van der Waals surface area (Å²) < 4.78 is 0. The van der Waals surface area contributed by atoms with Crippen LogP contribution in [-0.2, 0) is 4.79 Å². The Kier molecular flexibility index (Phi) is 3.52. The van der Waals surface area contributed by atoms with Crippen LogP contribution < -0.4 is 5.32 Å². The van der Waals surface area contributed by atoms with Crippen molar-refractivity contribution in [1.82, 2.24) is 5.32 Å². The maximum Gasteiger partial charge on any atom is 0.162 e. The Labute approximate surface area is 136 Å². The summed E-state index contributed by atoms with van der Waals surface area (Å²) in [5, 5.41) is 22.4. The van der Waals surface area contributed by atoms with Gasteiger partial charge in [-0.05, 0) is 36.5 Å². The molecule has 1 aliphatic carbocycles. The number of phenols is 1. The van der Waals surface area contributed by atoms with E-state index in [0.29, 0.717) is 17.6 Å². The second-order valence-electron chi connectivity index (χ2n) is 7.13. The first-order valence-corrected chi connectivity index (χ1v) is 7.75. The highest BCUT2D eigenvalue weighted by Gasteiger charge is 2.40. The molecule has 0 unspecified atom stereocenters. The van der Waals surface area contributed by atoms with E-state index in [4.69, 9.17) is 0 Å². The van der Waals surface area contributed by atoms with Crippen molar-refractivity contribution in [1.29, 1.82) is 5.26 Å². The van der Waals surface area contributed by atoms with Crippen molar-refractivity contribution in [3.8, 4) is 11.8 Å². The molecule has 1 aromatic rings. The van der Waals surface area contributed by atoms with Gasteiger partial charge in [-0.3, -0.25) is 4.79 Å². The van der Waals surface area contributed by atoms with E-state index < -0.39 is 0 Å². The minimum absolute atomic E-state index is 0.0765. The lowest BCUT2D eigenvalue weighted by Crippen LogP contribution is -2.36. The van der Waals surface area contributed by atoms with E-state index in [1.165, 1.54) is 0 Å². The summed E-state index contributed by atoms with van der Waals surface area (Å²) in [6.07, 6.45) is 1.28. The van der Waals surface area contributed by atoms with Crippen LogP contribution in [0.5, 0.6) is 5.75 Å². The van der Waals surface area contributed by atoms with Crippen molar-refractivity contribution < 1.29 is 9.90 Å². The van der Waals surface area contributed by atoms with Crippen molar-refractivity contribution in [3.63, 3.8) is 0 Å². The van der Waals surface area contributed by atoms with Crippen molar-refractivity contribution in [2.75, 3.05) is 0 Å². The molecule has 118 valence electrons. The van der Waals surface area contributed by atoms with Crippen LogP contribution in [0, 0.1) is 16.7 Å². The molecule has 0 amide bonds. The number of hydrogen-bond acceptors (Lipinski definition) is 4. The van der Waals surface area contributed by atoms with Gasteiger partial charge in [0.05, 0.1) is 17.6 Å². The van der Waals surface area contributed by atoms with Crippen molar-refractivity contribution in [2.45, 2.75) is 39.5 Å². The van der Waals surface area contributed by atoms with Crippen LogP contribution in [0.25, 0.3) is 0 Å². The number of nitrogens with one attached hydrogen (secondary N) is 1. The van der Waals surface area contributed by atoms with Crippen LogP contribution in [0.1, 0.15) is 45.1 Å². The van der Waals surface area contributed by atoms with Gasteiger partial charge in [0.15, 0.2) is 5.78 Å². The lowest BCUT2D eigenvalue weighted by molar-refractivity contribution is -0.118. The number of benzene rings is 1. The molecule has 0 spiro atoms. The lowest BCUT2D eigenvalue weighted by atomic mass is 9.69. The number of carbonyl (C=O) groups is 1. The predicted molar refractivity (Wildman–Crippen MR) is 87.3 cm³/mol. The molecule has 4 nitrogen and oxygen atoms in total. The quantitative estimate of drug-likeness (QED) is 0.832. The molecule has 0 fully saturated rings. The minimum atomic E-state index is -0.347. The maximum absolute atomic E-state index is 12.8. The molecule has 0 saturated heterocycles. The molecule has 0 radical (unpaired) electrons. The molecule has 1 heterocycles. The first-order chi connectivity index (χ1) is 10.8. The first-order valence-electron chi connectivity index (χ1n) is 7.75. The summed E-state index contributed by atoms with van der Waals surface area (Å²) in [4.78, 5) is 12.8. The van der Waals surface area contributed by atoms with Gasteiger partial charge >= 0.3 is 0 Å². The molecule has 2 aliphatic rings. The molecule has 0 saturated carbocycles. The molecule has 4 heteroatoms. The Morgan fingerprint density at radius 1 is 1.26 bits per heavy atom. The number of phenolic OH excluding ortho intramolecular Hbond substituents is 1. The molecule has 23 heavy (non-hydrogen) atoms. The van der Waals surface area contributed by atoms with E-state index in [1.807, 2.05) is 6.92 Å². The molecule has 3 rings (SSSR count). The fourth-order valence-electron chi connectivity index (χ4n) is 3.58. The largest absolute Gasteiger partial charge is 0.508 e. The molecule has 2 N–H and O–H groups in total. The average Bonchev–Trinajstić information content (AvgIpc) is 2.45. The van der Waals surface area contributed by atoms with Gasteiger partial charge in [-0.15, -0.1) is 0 Å². The molecule has 1 aromatic carbocycles. The average molecular weight is 308 g/mol. The summed E-state index contributed by atoms with van der Waals surface area (Å²) in [7, 11) is 0. The fraction of sp³-hybridized carbons (Fsp3) is 0.368. The standard InChI is InChI=1S/C19H20N2O2/c1-11-14(10-20)17(12-4-6-13(22)7-5-12)18-15(21-11)8-19(2,3)9-16(18)23/h4-7,17,21-22H,8-9H2,1-3H3/t17-/m0/s1. The van der Waals surface area contributed by atoms with Gasteiger partial charge in [-0.1, -0.05) is 26.0 Å². The summed E-state index contributed by atoms with van der Waals surface area (Å²) in [5.74, 6) is -0.0743. The van der Waals surface area contributed by atoms with E-state index in [0.717, 1.165) is 23.4 Å². The molecule has 0 bridgehead atoms. The number of dihydropyridines is 1. The molecular weight excluding hydrogens is 288 g/mol. The number of allylic oxidation sites excluding steroid dienone is 4. The van der Waals surface area contributed by atoms with Crippen molar-refractivity contribution in [3.05, 3.63) is 52.4 Å². The van der Waals surface area contributed by atoms with Crippen LogP contribution in [0.3, 0.4) is 0 Å². The summed E-state index contributed by atoms with van der Waals surface area (Å²) >= 11 is 0. The van der Waals surface area contributed by atoms with E-state index in [1.54, 1.807) is 24.3 Å². The zero-order chi connectivity index (χ0) is 16.8. The highest BCUT2D eigenvalue weighted by molar-refractivity contribution is 6.00. The zero-order valence-electron chi connectivity index (χ0n) is 13.6. The smallest absolute Gasteiger partial charge is 0.162 e. The van der Waals surface area contributed by atoms with E-state index in [2.05, 4.69) is 25.2 Å². The summed E-state index contributed by atoms with van der Waals surface area (Å²) in [6.45, 7) is 6.05. The number of rotatable bonds is 1. The lowest BCUT2D eigenvalue weighted by Gasteiger charge is -2.38. The Hall–Kier alpha value is -2.54. The number of ketones is 1. The van der Waals surface area contributed by atoms with Crippen LogP contribution in [0.15, 0.2) is 46.8 Å². The third-order valence-electron chi connectivity index (χ3n) is 4.59. The summed E-state index contributed by atoms with van der Waals surface area (Å²) in [5.41, 5.74) is 3.79. The first kappa shape index (κ1) is 15.4. The van der Waals surface area contributed by atoms with Gasteiger partial charge in [-0.25, -0.2) is 0 Å². The Balaban J connectivity index is 2.17. The van der Waals surface area contributed by atoms with Crippen molar-refractivity contribution >= 4 is 5.78 Å². The van der Waals surface area contributed by atoms with Crippen LogP contribution in [0.2, 0.25) is 0 Å². The normalized spacial score (nSPS) is 23.2. The number of aromatic hydroxyl groups is 1. The number of hydrogen-bond donors (Lipinski definition) is 2. The van der Waals surface area contributed by atoms with Gasteiger partial charge in [-0.2, -0.15) is 5.26 Å². The van der Waals surface area contributed by atoms with Crippen LogP contribution >= 0.6 is 0 Å². The Morgan fingerprint density at radius 3 is 2.52 bits per heavy atom. The highest BCUT2D eigenvalue weighted by atomic mass is 16.3. The third-order valence-corrected chi connectivity index (χ3v) is 4.59. The molecular formula is C19H20N2O2. The Morgan fingerprint density at radius 2 is 1.91 bits per heavy atom. The number of Topliss-reactive ketones (excluding diaryl/α,β-unsaturated/α-hetero) is 1. The predicted octanol–water partition coefficient (Wildman–Crippen LogP) is 3.52. The highest BCUT2D eigenvalue weighted by Crippen LogP contribution is 2.46. The van der Waals surface area contributed by atoms with Gasteiger partial charge in [0.25, 0.3) is 0 Å². The second kappa shape index (κ2) is 5.27. The monoisotopic (exact) mass is 308 g/mol. The molecule has 0 aromatic heterocycles. The SMILES string of the molecule is CC1=C(C#N)[C@H](c2ccc(O)cc2)C2=C(CC(C)(C)CC2=O)N1. The number of nitrogens with zero attached hydrogens (tertiary/aromatic N) is 1. The van der Waals surface area contributed by atoms with Gasteiger partial charge in [0.2, 0.25) is 0 Å².